The fourth-order valence-corrected chi connectivity index (χ4v) is 3.36. The average molecular weight is 287 g/mol. The third kappa shape index (κ3) is 3.34. The minimum absolute atomic E-state index is 0.0381. The summed E-state index contributed by atoms with van der Waals surface area (Å²) in [4.78, 5) is 15.2. The lowest BCUT2D eigenvalue weighted by atomic mass is 10.1. The van der Waals surface area contributed by atoms with Crippen molar-refractivity contribution in [1.82, 2.24) is 14.6 Å². The van der Waals surface area contributed by atoms with Gasteiger partial charge < -0.3 is 15.0 Å². The Morgan fingerprint density at radius 2 is 2.11 bits per heavy atom. The monoisotopic (exact) mass is 287 g/mol. The molecule has 0 aliphatic carbocycles. The number of H-pyrrole nitrogens is 1. The molecular formula is C11H17N3O4S. The van der Waals surface area contributed by atoms with Crippen molar-refractivity contribution in [3.05, 3.63) is 18.0 Å². The van der Waals surface area contributed by atoms with E-state index in [0.29, 0.717) is 0 Å². The van der Waals surface area contributed by atoms with Gasteiger partial charge in [0.2, 0.25) is 10.0 Å². The number of likely N-dealkylation sites (tertiary alicyclic amines) is 1. The van der Waals surface area contributed by atoms with Gasteiger partial charge in [-0.15, -0.1) is 0 Å². The smallest absolute Gasteiger partial charge is 0.352 e. The molecule has 0 amide bonds. The van der Waals surface area contributed by atoms with Gasteiger partial charge in [0.15, 0.2) is 0 Å². The van der Waals surface area contributed by atoms with Crippen molar-refractivity contribution in [3.8, 4) is 0 Å². The number of piperidine rings is 1. The zero-order chi connectivity index (χ0) is 14.0. The van der Waals surface area contributed by atoms with Crippen molar-refractivity contribution < 1.29 is 18.3 Å². The lowest BCUT2D eigenvalue weighted by Crippen LogP contribution is -2.43. The summed E-state index contributed by atoms with van der Waals surface area (Å²) < 4.78 is 26.8. The first-order valence-corrected chi connectivity index (χ1v) is 7.49. The maximum Gasteiger partial charge on any atom is 0.352 e. The Bertz CT molecular complexity index is 558. The number of carboxylic acids is 1. The molecule has 0 spiro atoms. The molecule has 1 saturated heterocycles. The number of aromatic nitrogens is 1. The molecule has 106 valence electrons. The molecule has 1 aliphatic heterocycles. The number of hydrogen-bond acceptors (Lipinski definition) is 4. The highest BCUT2D eigenvalue weighted by Crippen LogP contribution is 2.15. The first-order chi connectivity index (χ1) is 8.88. The molecule has 8 heteroatoms. The topological polar surface area (TPSA) is 103 Å². The summed E-state index contributed by atoms with van der Waals surface area (Å²) in [6.07, 6.45) is 2.71. The number of hydrogen-bond donors (Lipinski definition) is 3. The Morgan fingerprint density at radius 3 is 2.63 bits per heavy atom. The van der Waals surface area contributed by atoms with Gasteiger partial charge in [-0.3, -0.25) is 0 Å². The third-order valence-corrected chi connectivity index (χ3v) is 4.74. The maximum absolute atomic E-state index is 12.1. The minimum atomic E-state index is -3.65. The first kappa shape index (κ1) is 14.0. The van der Waals surface area contributed by atoms with Crippen LogP contribution in [-0.2, 0) is 10.0 Å². The van der Waals surface area contributed by atoms with E-state index in [1.807, 2.05) is 7.05 Å². The second kappa shape index (κ2) is 5.32. The molecule has 7 nitrogen and oxygen atoms in total. The molecule has 0 bridgehead atoms. The Balaban J connectivity index is 2.07. The molecule has 0 aromatic carbocycles. The van der Waals surface area contributed by atoms with Gasteiger partial charge in [0.05, 0.1) is 0 Å². The molecule has 1 aliphatic rings. The van der Waals surface area contributed by atoms with Gasteiger partial charge >= 0.3 is 5.97 Å². The zero-order valence-electron chi connectivity index (χ0n) is 10.6. The summed E-state index contributed by atoms with van der Waals surface area (Å²) in [5.41, 5.74) is -0.135. The van der Waals surface area contributed by atoms with Crippen LogP contribution in [0, 0.1) is 0 Å². The van der Waals surface area contributed by atoms with Crippen LogP contribution in [0.5, 0.6) is 0 Å². The quantitative estimate of drug-likeness (QED) is 0.728. The average Bonchev–Trinajstić information content (AvgIpc) is 2.82. The largest absolute Gasteiger partial charge is 0.477 e. The lowest BCUT2D eigenvalue weighted by molar-refractivity contribution is 0.0691. The predicted molar refractivity (Wildman–Crippen MR) is 68.6 cm³/mol. The lowest BCUT2D eigenvalue weighted by Gasteiger charge is -2.29. The van der Waals surface area contributed by atoms with Gasteiger partial charge in [-0.2, -0.15) is 0 Å². The maximum atomic E-state index is 12.1. The predicted octanol–water partition coefficient (Wildman–Crippen LogP) is 0.0854. The standard InChI is InChI=1S/C11H17N3O4S/c1-14-4-2-8(3-5-14)13-19(17,18)9-6-10(11(15)16)12-7-9/h6-8,12-13H,2-5H2,1H3,(H,15,16). The van der Waals surface area contributed by atoms with E-state index >= 15 is 0 Å². The van der Waals surface area contributed by atoms with Crippen LogP contribution >= 0.6 is 0 Å². The molecular weight excluding hydrogens is 270 g/mol. The van der Waals surface area contributed by atoms with Crippen molar-refractivity contribution in [1.29, 1.82) is 0 Å². The van der Waals surface area contributed by atoms with Crippen LogP contribution in [-0.4, -0.2) is 55.6 Å². The highest BCUT2D eigenvalue weighted by Gasteiger charge is 2.24. The number of carboxylic acid groups (broad SMARTS) is 1. The van der Waals surface area contributed by atoms with E-state index in [1.54, 1.807) is 0 Å². The summed E-state index contributed by atoms with van der Waals surface area (Å²) in [5.74, 6) is -1.18. The molecule has 1 aromatic rings. The number of nitrogens with one attached hydrogen (secondary N) is 2. The number of nitrogens with zero attached hydrogens (tertiary/aromatic N) is 1. The summed E-state index contributed by atoms with van der Waals surface area (Å²) in [5, 5.41) is 8.76. The van der Waals surface area contributed by atoms with Crippen molar-refractivity contribution >= 4 is 16.0 Å². The molecule has 1 fully saturated rings. The Morgan fingerprint density at radius 1 is 1.47 bits per heavy atom. The van der Waals surface area contributed by atoms with Crippen LogP contribution in [0.4, 0.5) is 0 Å². The van der Waals surface area contributed by atoms with Crippen LogP contribution in [0.1, 0.15) is 23.3 Å². The van der Waals surface area contributed by atoms with Crippen molar-refractivity contribution in [2.45, 2.75) is 23.8 Å². The van der Waals surface area contributed by atoms with E-state index in [1.165, 1.54) is 6.20 Å². The van der Waals surface area contributed by atoms with Gasteiger partial charge in [-0.25, -0.2) is 17.9 Å². The van der Waals surface area contributed by atoms with E-state index < -0.39 is 16.0 Å². The second-order valence-corrected chi connectivity index (χ2v) is 6.47. The summed E-state index contributed by atoms with van der Waals surface area (Å²) >= 11 is 0. The van der Waals surface area contributed by atoms with E-state index in [9.17, 15) is 13.2 Å². The first-order valence-electron chi connectivity index (χ1n) is 6.01. The third-order valence-electron chi connectivity index (χ3n) is 3.24. The molecule has 3 N–H and O–H groups in total. The highest BCUT2D eigenvalue weighted by molar-refractivity contribution is 7.89. The minimum Gasteiger partial charge on any atom is -0.477 e. The number of carbonyl (C=O) groups is 1. The molecule has 0 atom stereocenters. The van der Waals surface area contributed by atoms with Gasteiger partial charge in [-0.1, -0.05) is 0 Å². The van der Waals surface area contributed by atoms with Crippen LogP contribution in [0.3, 0.4) is 0 Å². The molecule has 1 aromatic heterocycles. The van der Waals surface area contributed by atoms with Gasteiger partial charge in [0.1, 0.15) is 10.6 Å². The van der Waals surface area contributed by atoms with Crippen LogP contribution in [0.15, 0.2) is 17.2 Å². The normalized spacial score (nSPS) is 18.6. The Hall–Kier alpha value is -1.38. The Labute approximate surface area is 111 Å². The fourth-order valence-electron chi connectivity index (χ4n) is 2.07. The molecule has 0 radical (unpaired) electrons. The second-order valence-electron chi connectivity index (χ2n) is 4.75. The summed E-state index contributed by atoms with van der Waals surface area (Å²) in [7, 11) is -1.66. The molecule has 0 unspecified atom stereocenters. The molecule has 2 heterocycles. The zero-order valence-corrected chi connectivity index (χ0v) is 11.4. The number of rotatable bonds is 4. The van der Waals surface area contributed by atoms with Gasteiger partial charge in [0.25, 0.3) is 0 Å². The molecule has 2 rings (SSSR count). The van der Waals surface area contributed by atoms with Gasteiger partial charge in [-0.05, 0) is 39.0 Å². The van der Waals surface area contributed by atoms with E-state index in [2.05, 4.69) is 14.6 Å². The van der Waals surface area contributed by atoms with Crippen LogP contribution in [0.2, 0.25) is 0 Å². The number of sulfonamides is 1. The van der Waals surface area contributed by atoms with Crippen LogP contribution in [0.25, 0.3) is 0 Å². The number of aromatic carboxylic acids is 1. The van der Waals surface area contributed by atoms with Crippen molar-refractivity contribution in [2.24, 2.45) is 0 Å². The van der Waals surface area contributed by atoms with E-state index in [0.717, 1.165) is 32.0 Å². The van der Waals surface area contributed by atoms with Gasteiger partial charge in [0, 0.05) is 12.2 Å². The van der Waals surface area contributed by atoms with E-state index in [-0.39, 0.29) is 16.6 Å². The SMILES string of the molecule is CN1CCC(NS(=O)(=O)c2c[nH]c(C(=O)O)c2)CC1. The van der Waals surface area contributed by atoms with E-state index in [4.69, 9.17) is 5.11 Å². The van der Waals surface area contributed by atoms with Crippen LogP contribution < -0.4 is 4.72 Å². The number of aromatic amines is 1. The summed E-state index contributed by atoms with van der Waals surface area (Å²) in [6, 6.07) is 1.03. The Kier molecular flexibility index (Phi) is 3.93. The van der Waals surface area contributed by atoms with Crippen molar-refractivity contribution in [3.63, 3.8) is 0 Å². The molecule has 19 heavy (non-hydrogen) atoms. The highest BCUT2D eigenvalue weighted by atomic mass is 32.2. The fraction of sp³-hybridized carbons (Fsp3) is 0.545. The summed E-state index contributed by atoms with van der Waals surface area (Å²) in [6.45, 7) is 1.70. The van der Waals surface area contributed by atoms with Crippen molar-refractivity contribution in [2.75, 3.05) is 20.1 Å². The molecule has 0 saturated carbocycles.